The second-order valence-electron chi connectivity index (χ2n) is 5.25. The smallest absolute Gasteiger partial charge is 0.231 e. The fourth-order valence-corrected chi connectivity index (χ4v) is 2.71. The molecule has 4 rings (SSSR count). The summed E-state index contributed by atoms with van der Waals surface area (Å²) in [5.41, 5.74) is 1.66. The molecule has 0 atom stereocenters. The number of anilines is 1. The third-order valence-corrected chi connectivity index (χ3v) is 3.91. The van der Waals surface area contributed by atoms with Crippen molar-refractivity contribution < 1.29 is 14.3 Å². The Morgan fingerprint density at radius 2 is 2.00 bits per heavy atom. The van der Waals surface area contributed by atoms with Crippen molar-refractivity contribution in [2.75, 3.05) is 12.1 Å². The molecule has 0 aliphatic carbocycles. The standard InChI is InChI=1S/C17H12ClN3O3/c18-11-2-3-13-12(6-11)17(21-16(8-22)20-13)19-7-10-1-4-14-15(5-10)24-9-23-14/h1-6,8H,7,9H2,(H,19,20,21). The Kier molecular flexibility index (Phi) is 3.66. The van der Waals surface area contributed by atoms with Crippen LogP contribution < -0.4 is 14.8 Å². The number of hydrogen-bond donors (Lipinski definition) is 1. The molecule has 0 amide bonds. The first-order valence-electron chi connectivity index (χ1n) is 7.28. The van der Waals surface area contributed by atoms with Gasteiger partial charge in [0, 0.05) is 17.0 Å². The molecule has 1 aromatic heterocycles. The van der Waals surface area contributed by atoms with Crippen LogP contribution in [0.25, 0.3) is 10.9 Å². The number of ether oxygens (including phenoxy) is 2. The molecule has 24 heavy (non-hydrogen) atoms. The molecule has 3 aromatic rings. The van der Waals surface area contributed by atoms with Crippen molar-refractivity contribution in [2.45, 2.75) is 6.54 Å². The zero-order valence-electron chi connectivity index (χ0n) is 12.5. The lowest BCUT2D eigenvalue weighted by Gasteiger charge is -2.10. The van der Waals surface area contributed by atoms with E-state index in [0.29, 0.717) is 29.2 Å². The maximum atomic E-state index is 11.1. The lowest BCUT2D eigenvalue weighted by Crippen LogP contribution is -2.05. The molecule has 0 bridgehead atoms. The Balaban J connectivity index is 1.66. The summed E-state index contributed by atoms with van der Waals surface area (Å²) in [6.45, 7) is 0.748. The minimum absolute atomic E-state index is 0.123. The number of nitrogens with one attached hydrogen (secondary N) is 1. The van der Waals surface area contributed by atoms with E-state index in [1.807, 2.05) is 18.2 Å². The van der Waals surface area contributed by atoms with Crippen LogP contribution in [0.2, 0.25) is 5.02 Å². The molecule has 1 aliphatic heterocycles. The van der Waals surface area contributed by atoms with Gasteiger partial charge < -0.3 is 14.8 Å². The third-order valence-electron chi connectivity index (χ3n) is 3.68. The average Bonchev–Trinajstić information content (AvgIpc) is 3.07. The Labute approximate surface area is 142 Å². The van der Waals surface area contributed by atoms with E-state index in [1.165, 1.54) is 0 Å². The summed E-state index contributed by atoms with van der Waals surface area (Å²) in [4.78, 5) is 19.5. The van der Waals surface area contributed by atoms with Gasteiger partial charge in [0.05, 0.1) is 5.52 Å². The van der Waals surface area contributed by atoms with E-state index >= 15 is 0 Å². The Morgan fingerprint density at radius 1 is 1.12 bits per heavy atom. The third kappa shape index (κ3) is 2.72. The van der Waals surface area contributed by atoms with Gasteiger partial charge in [-0.05, 0) is 35.9 Å². The Bertz CT molecular complexity index is 946. The fourth-order valence-electron chi connectivity index (χ4n) is 2.54. The van der Waals surface area contributed by atoms with Crippen LogP contribution in [0.15, 0.2) is 36.4 Å². The van der Waals surface area contributed by atoms with Crippen molar-refractivity contribution in [3.63, 3.8) is 0 Å². The Hall–Kier alpha value is -2.86. The van der Waals surface area contributed by atoms with Gasteiger partial charge in [0.2, 0.25) is 6.79 Å². The van der Waals surface area contributed by atoms with Crippen molar-refractivity contribution in [1.82, 2.24) is 9.97 Å². The van der Waals surface area contributed by atoms with Gasteiger partial charge in [0.15, 0.2) is 23.6 Å². The number of carbonyl (C=O) groups excluding carboxylic acids is 1. The minimum Gasteiger partial charge on any atom is -0.454 e. The maximum Gasteiger partial charge on any atom is 0.231 e. The van der Waals surface area contributed by atoms with Gasteiger partial charge in [-0.3, -0.25) is 4.79 Å². The molecule has 1 N–H and O–H groups in total. The van der Waals surface area contributed by atoms with Gasteiger partial charge in [-0.2, -0.15) is 0 Å². The summed E-state index contributed by atoms with van der Waals surface area (Å²) in [6.07, 6.45) is 0.625. The van der Waals surface area contributed by atoms with E-state index in [0.717, 1.165) is 22.4 Å². The van der Waals surface area contributed by atoms with Gasteiger partial charge in [0.25, 0.3) is 0 Å². The first-order chi connectivity index (χ1) is 11.7. The number of nitrogens with zero attached hydrogens (tertiary/aromatic N) is 2. The molecule has 0 radical (unpaired) electrons. The van der Waals surface area contributed by atoms with Gasteiger partial charge in [0.1, 0.15) is 5.82 Å². The quantitative estimate of drug-likeness (QED) is 0.733. The summed E-state index contributed by atoms with van der Waals surface area (Å²) < 4.78 is 10.7. The highest BCUT2D eigenvalue weighted by Crippen LogP contribution is 2.33. The topological polar surface area (TPSA) is 73.3 Å². The van der Waals surface area contributed by atoms with Crippen molar-refractivity contribution in [3.05, 3.63) is 52.8 Å². The van der Waals surface area contributed by atoms with E-state index in [9.17, 15) is 4.79 Å². The lowest BCUT2D eigenvalue weighted by molar-refractivity contribution is 0.111. The van der Waals surface area contributed by atoms with Crippen LogP contribution in [0.3, 0.4) is 0 Å². The van der Waals surface area contributed by atoms with Crippen molar-refractivity contribution in [3.8, 4) is 11.5 Å². The molecule has 0 unspecified atom stereocenters. The molecule has 6 nitrogen and oxygen atoms in total. The largest absolute Gasteiger partial charge is 0.454 e. The van der Waals surface area contributed by atoms with Crippen LogP contribution in [0.1, 0.15) is 16.2 Å². The predicted molar refractivity (Wildman–Crippen MR) is 89.8 cm³/mol. The molecule has 2 heterocycles. The number of rotatable bonds is 4. The van der Waals surface area contributed by atoms with E-state index in [4.69, 9.17) is 21.1 Å². The summed E-state index contributed by atoms with van der Waals surface area (Å²) >= 11 is 6.06. The summed E-state index contributed by atoms with van der Waals surface area (Å²) in [7, 11) is 0. The molecule has 7 heteroatoms. The Morgan fingerprint density at radius 3 is 2.88 bits per heavy atom. The number of carbonyl (C=O) groups is 1. The van der Waals surface area contributed by atoms with Crippen LogP contribution in [0, 0.1) is 0 Å². The molecule has 0 spiro atoms. The second-order valence-corrected chi connectivity index (χ2v) is 5.69. The number of fused-ring (bicyclic) bond motifs is 2. The first kappa shape index (κ1) is 14.7. The first-order valence-corrected chi connectivity index (χ1v) is 7.65. The highest BCUT2D eigenvalue weighted by molar-refractivity contribution is 6.31. The molecule has 0 saturated heterocycles. The highest BCUT2D eigenvalue weighted by atomic mass is 35.5. The lowest BCUT2D eigenvalue weighted by atomic mass is 10.2. The number of benzene rings is 2. The highest BCUT2D eigenvalue weighted by Gasteiger charge is 2.14. The average molecular weight is 342 g/mol. The zero-order chi connectivity index (χ0) is 16.5. The van der Waals surface area contributed by atoms with E-state index in [-0.39, 0.29) is 12.6 Å². The number of aldehydes is 1. The summed E-state index contributed by atoms with van der Waals surface area (Å²) in [6, 6.07) is 11.0. The van der Waals surface area contributed by atoms with Gasteiger partial charge in [-0.1, -0.05) is 17.7 Å². The van der Waals surface area contributed by atoms with Crippen LogP contribution in [-0.4, -0.2) is 23.0 Å². The fraction of sp³-hybridized carbons (Fsp3) is 0.118. The molecule has 2 aromatic carbocycles. The number of halogens is 1. The molecule has 1 aliphatic rings. The van der Waals surface area contributed by atoms with Gasteiger partial charge in [-0.15, -0.1) is 0 Å². The van der Waals surface area contributed by atoms with Crippen LogP contribution in [-0.2, 0) is 6.54 Å². The molecular formula is C17H12ClN3O3. The zero-order valence-corrected chi connectivity index (χ0v) is 13.2. The number of hydrogen-bond acceptors (Lipinski definition) is 6. The second kappa shape index (κ2) is 5.98. The van der Waals surface area contributed by atoms with Crippen molar-refractivity contribution in [1.29, 1.82) is 0 Å². The van der Waals surface area contributed by atoms with Gasteiger partial charge >= 0.3 is 0 Å². The van der Waals surface area contributed by atoms with Gasteiger partial charge in [-0.25, -0.2) is 9.97 Å². The molecule has 0 fully saturated rings. The van der Waals surface area contributed by atoms with Crippen molar-refractivity contribution in [2.24, 2.45) is 0 Å². The van der Waals surface area contributed by atoms with E-state index in [1.54, 1.807) is 18.2 Å². The summed E-state index contributed by atoms with van der Waals surface area (Å²) in [5, 5.41) is 4.57. The predicted octanol–water partition coefficient (Wildman–Crippen LogP) is 3.44. The van der Waals surface area contributed by atoms with E-state index < -0.39 is 0 Å². The molecule has 120 valence electrons. The van der Waals surface area contributed by atoms with Crippen LogP contribution >= 0.6 is 11.6 Å². The van der Waals surface area contributed by atoms with Crippen LogP contribution in [0.4, 0.5) is 5.82 Å². The number of aromatic nitrogens is 2. The van der Waals surface area contributed by atoms with Crippen molar-refractivity contribution >= 4 is 34.6 Å². The monoisotopic (exact) mass is 341 g/mol. The summed E-state index contributed by atoms with van der Waals surface area (Å²) in [5.74, 6) is 2.14. The SMILES string of the molecule is O=Cc1nc(NCc2ccc3c(c2)OCO3)c2cc(Cl)ccc2n1. The van der Waals surface area contributed by atoms with Crippen LogP contribution in [0.5, 0.6) is 11.5 Å². The minimum atomic E-state index is 0.123. The normalized spacial score (nSPS) is 12.4. The maximum absolute atomic E-state index is 11.1. The van der Waals surface area contributed by atoms with E-state index in [2.05, 4.69) is 15.3 Å². The molecular weight excluding hydrogens is 330 g/mol. The molecule has 0 saturated carbocycles.